The molecule has 0 heterocycles. The van der Waals surface area contributed by atoms with E-state index in [1.54, 1.807) is 60.7 Å². The quantitative estimate of drug-likeness (QED) is 0.0618. The van der Waals surface area contributed by atoms with Crippen LogP contribution in [0.15, 0.2) is 72.8 Å². The van der Waals surface area contributed by atoms with E-state index in [0.717, 1.165) is 24.2 Å². The van der Waals surface area contributed by atoms with Gasteiger partial charge in [0.2, 0.25) is 0 Å². The second-order valence-corrected chi connectivity index (χ2v) is 11.9. The van der Waals surface area contributed by atoms with Gasteiger partial charge in [0.05, 0.1) is 19.3 Å². The lowest BCUT2D eigenvalue weighted by Crippen LogP contribution is -2.43. The SMILES string of the molecule is CCCCCCCOc1ccc(C(=N)NOC(=O)c2ccc(C[C@H](NC(=O)c3ccc(C(C)(C)C)cc3)C(=O)OC)cc2)cc1. The Morgan fingerprint density at radius 1 is 0.800 bits per heavy atom. The number of carbonyl (C=O) groups excluding carboxylic acids is 3. The van der Waals surface area contributed by atoms with E-state index in [2.05, 4.69) is 38.5 Å². The minimum absolute atomic E-state index is 0.0470. The summed E-state index contributed by atoms with van der Waals surface area (Å²) in [4.78, 5) is 43.1. The van der Waals surface area contributed by atoms with Crippen LogP contribution in [0.1, 0.15) is 97.2 Å². The predicted molar refractivity (Wildman–Crippen MR) is 175 cm³/mol. The number of ether oxygens (including phenoxy) is 2. The Morgan fingerprint density at radius 2 is 1.40 bits per heavy atom. The minimum atomic E-state index is -0.924. The highest BCUT2D eigenvalue weighted by atomic mass is 16.7. The van der Waals surface area contributed by atoms with E-state index in [4.69, 9.17) is 19.7 Å². The number of rotatable bonds is 14. The summed E-state index contributed by atoms with van der Waals surface area (Å²) < 4.78 is 10.7. The van der Waals surface area contributed by atoms with Gasteiger partial charge in [0.1, 0.15) is 11.8 Å². The predicted octanol–water partition coefficient (Wildman–Crippen LogP) is 6.53. The van der Waals surface area contributed by atoms with Crippen molar-refractivity contribution >= 4 is 23.7 Å². The Labute approximate surface area is 266 Å². The molecule has 0 aliphatic carbocycles. The van der Waals surface area contributed by atoms with Gasteiger partial charge in [0, 0.05) is 17.5 Å². The zero-order chi connectivity index (χ0) is 32.8. The molecule has 0 bridgehead atoms. The van der Waals surface area contributed by atoms with Crippen molar-refractivity contribution in [1.29, 1.82) is 5.41 Å². The van der Waals surface area contributed by atoms with Gasteiger partial charge < -0.3 is 19.6 Å². The van der Waals surface area contributed by atoms with Gasteiger partial charge in [-0.05, 0) is 71.5 Å². The number of unbranched alkanes of at least 4 members (excludes halogenated alkanes) is 4. The Morgan fingerprint density at radius 3 is 2.00 bits per heavy atom. The second-order valence-electron chi connectivity index (χ2n) is 11.9. The summed E-state index contributed by atoms with van der Waals surface area (Å²) in [6.07, 6.45) is 5.98. The Bertz CT molecular complexity index is 1410. The molecule has 0 spiro atoms. The Balaban J connectivity index is 1.50. The second kappa shape index (κ2) is 17.0. The van der Waals surface area contributed by atoms with Crippen molar-refractivity contribution in [2.24, 2.45) is 0 Å². The number of esters is 1. The van der Waals surface area contributed by atoms with E-state index in [1.807, 2.05) is 12.1 Å². The summed E-state index contributed by atoms with van der Waals surface area (Å²) in [6.45, 7) is 9.12. The van der Waals surface area contributed by atoms with Gasteiger partial charge in [0.15, 0.2) is 5.84 Å². The number of hydrogen-bond donors (Lipinski definition) is 3. The number of hydrogen-bond acceptors (Lipinski definition) is 7. The van der Waals surface area contributed by atoms with Gasteiger partial charge in [-0.1, -0.05) is 77.6 Å². The lowest BCUT2D eigenvalue weighted by molar-refractivity contribution is -0.142. The Kier molecular flexibility index (Phi) is 13.1. The molecular weight excluding hydrogens is 570 g/mol. The highest BCUT2D eigenvalue weighted by Gasteiger charge is 2.23. The summed E-state index contributed by atoms with van der Waals surface area (Å²) >= 11 is 0. The summed E-state index contributed by atoms with van der Waals surface area (Å²) in [5, 5.41) is 11.0. The molecule has 0 aromatic heterocycles. The number of benzene rings is 3. The molecule has 9 nitrogen and oxygen atoms in total. The fourth-order valence-corrected chi connectivity index (χ4v) is 4.54. The standard InChI is InChI=1S/C36H45N3O6/c1-6-7-8-9-10-23-44-30-21-17-26(18-22-30)32(37)39-45-34(41)28-13-11-25(12-14-28)24-31(35(42)43-5)38-33(40)27-15-19-29(20-16-27)36(2,3)4/h11-22,31H,6-10,23-24H2,1-5H3,(H2,37,39)(H,38,40)/t31-/m0/s1. The minimum Gasteiger partial charge on any atom is -0.494 e. The maximum atomic E-state index is 12.9. The van der Waals surface area contributed by atoms with E-state index in [-0.39, 0.29) is 29.1 Å². The van der Waals surface area contributed by atoms with Crippen LogP contribution in [-0.4, -0.2) is 43.4 Å². The highest BCUT2D eigenvalue weighted by Crippen LogP contribution is 2.22. The summed E-state index contributed by atoms with van der Waals surface area (Å²) in [6, 6.07) is 19.8. The molecule has 3 N–H and O–H groups in total. The van der Waals surface area contributed by atoms with Gasteiger partial charge in [-0.2, -0.15) is 5.48 Å². The van der Waals surface area contributed by atoms with Crippen molar-refractivity contribution in [3.05, 3.63) is 101 Å². The molecule has 0 saturated heterocycles. The number of hydroxylamine groups is 1. The van der Waals surface area contributed by atoms with Crippen LogP contribution in [0.25, 0.3) is 0 Å². The highest BCUT2D eigenvalue weighted by molar-refractivity contribution is 5.98. The van der Waals surface area contributed by atoms with Gasteiger partial charge in [-0.3, -0.25) is 10.2 Å². The molecule has 0 fully saturated rings. The van der Waals surface area contributed by atoms with Crippen molar-refractivity contribution < 1.29 is 28.7 Å². The van der Waals surface area contributed by atoms with E-state index in [9.17, 15) is 14.4 Å². The van der Waals surface area contributed by atoms with Crippen LogP contribution in [0.3, 0.4) is 0 Å². The summed E-state index contributed by atoms with van der Waals surface area (Å²) in [5.41, 5.74) is 5.36. The van der Waals surface area contributed by atoms with Gasteiger partial charge in [-0.15, -0.1) is 0 Å². The molecule has 45 heavy (non-hydrogen) atoms. The monoisotopic (exact) mass is 615 g/mol. The third kappa shape index (κ3) is 11.1. The molecule has 0 unspecified atom stereocenters. The molecule has 0 saturated carbocycles. The first-order valence-electron chi connectivity index (χ1n) is 15.4. The fourth-order valence-electron chi connectivity index (χ4n) is 4.54. The maximum Gasteiger partial charge on any atom is 0.362 e. The first-order chi connectivity index (χ1) is 21.5. The smallest absolute Gasteiger partial charge is 0.362 e. The van der Waals surface area contributed by atoms with Crippen molar-refractivity contribution in [3.63, 3.8) is 0 Å². The van der Waals surface area contributed by atoms with Gasteiger partial charge in [-0.25, -0.2) is 9.59 Å². The number of nitrogens with one attached hydrogen (secondary N) is 3. The average molecular weight is 616 g/mol. The molecule has 240 valence electrons. The van der Waals surface area contributed by atoms with Gasteiger partial charge >= 0.3 is 11.9 Å². The molecule has 0 aliphatic rings. The van der Waals surface area contributed by atoms with Crippen LogP contribution in [-0.2, 0) is 26.2 Å². The summed E-state index contributed by atoms with van der Waals surface area (Å²) in [5.74, 6) is -0.994. The third-order valence-electron chi connectivity index (χ3n) is 7.34. The Hall–Kier alpha value is -4.66. The van der Waals surface area contributed by atoms with Crippen LogP contribution in [0.5, 0.6) is 5.75 Å². The number of carbonyl (C=O) groups is 3. The average Bonchev–Trinajstić information content (AvgIpc) is 3.04. The number of amides is 1. The van der Waals surface area contributed by atoms with Crippen molar-refractivity contribution in [2.75, 3.05) is 13.7 Å². The molecule has 3 aromatic rings. The van der Waals surface area contributed by atoms with Gasteiger partial charge in [0.25, 0.3) is 5.91 Å². The van der Waals surface area contributed by atoms with Crippen LogP contribution >= 0.6 is 0 Å². The van der Waals surface area contributed by atoms with E-state index >= 15 is 0 Å². The van der Waals surface area contributed by atoms with Crippen molar-refractivity contribution in [2.45, 2.75) is 77.7 Å². The first-order valence-corrected chi connectivity index (χ1v) is 15.4. The zero-order valence-corrected chi connectivity index (χ0v) is 26.9. The van der Waals surface area contributed by atoms with Crippen LogP contribution < -0.4 is 15.5 Å². The van der Waals surface area contributed by atoms with E-state index in [1.165, 1.54) is 26.4 Å². The largest absolute Gasteiger partial charge is 0.494 e. The first kappa shape index (κ1) is 34.8. The van der Waals surface area contributed by atoms with Crippen molar-refractivity contribution in [1.82, 2.24) is 10.8 Å². The topological polar surface area (TPSA) is 127 Å². The molecule has 1 atom stereocenters. The molecule has 0 radical (unpaired) electrons. The lowest BCUT2D eigenvalue weighted by Gasteiger charge is -2.20. The van der Waals surface area contributed by atoms with E-state index in [0.29, 0.717) is 23.3 Å². The molecule has 3 rings (SSSR count). The van der Waals surface area contributed by atoms with Crippen molar-refractivity contribution in [3.8, 4) is 5.75 Å². The fraction of sp³-hybridized carbons (Fsp3) is 0.389. The molecule has 0 aliphatic heterocycles. The number of amidine groups is 1. The molecular formula is C36H45N3O6. The van der Waals surface area contributed by atoms with Crippen LogP contribution in [0.4, 0.5) is 0 Å². The van der Waals surface area contributed by atoms with Crippen LogP contribution in [0.2, 0.25) is 0 Å². The molecule has 9 heteroatoms. The summed E-state index contributed by atoms with van der Waals surface area (Å²) in [7, 11) is 1.27. The normalized spacial score (nSPS) is 11.7. The number of methoxy groups -OCH3 is 1. The van der Waals surface area contributed by atoms with E-state index < -0.39 is 18.0 Å². The molecule has 3 aromatic carbocycles. The van der Waals surface area contributed by atoms with Crippen LogP contribution in [0, 0.1) is 5.41 Å². The zero-order valence-electron chi connectivity index (χ0n) is 26.9. The third-order valence-corrected chi connectivity index (χ3v) is 7.34. The lowest BCUT2D eigenvalue weighted by atomic mass is 9.86. The molecule has 1 amide bonds. The maximum absolute atomic E-state index is 12.9.